The lowest BCUT2D eigenvalue weighted by Gasteiger charge is -2.07. The topological polar surface area (TPSA) is 63.1 Å². The Labute approximate surface area is 101 Å². The Balaban J connectivity index is 2.55. The van der Waals surface area contributed by atoms with Gasteiger partial charge in [-0.05, 0) is 6.07 Å². The molecule has 0 amide bonds. The number of alkyl halides is 2. The molecule has 6 heteroatoms. The molecular formula is C12H8F2N2O2. The molecular weight excluding hydrogens is 242 g/mol. The molecule has 0 atom stereocenters. The van der Waals surface area contributed by atoms with Gasteiger partial charge in [0.2, 0.25) is 0 Å². The van der Waals surface area contributed by atoms with E-state index < -0.39 is 12.4 Å². The molecule has 18 heavy (non-hydrogen) atoms. The van der Waals surface area contributed by atoms with Gasteiger partial charge in [-0.2, -0.15) is 0 Å². The first-order valence-electron chi connectivity index (χ1n) is 5.03. The van der Waals surface area contributed by atoms with Crippen LogP contribution >= 0.6 is 0 Å². The van der Waals surface area contributed by atoms with Gasteiger partial charge in [-0.25, -0.2) is 23.5 Å². The van der Waals surface area contributed by atoms with Crippen LogP contribution in [0.1, 0.15) is 22.5 Å². The van der Waals surface area contributed by atoms with E-state index in [0.717, 1.165) is 0 Å². The Morgan fingerprint density at radius 1 is 1.22 bits per heavy atom. The number of carbonyl (C=O) groups is 1. The predicted octanol–water partition coefficient (Wildman–Crippen LogP) is 2.78. The lowest BCUT2D eigenvalue weighted by molar-refractivity contribution is 0.0690. The summed E-state index contributed by atoms with van der Waals surface area (Å²) in [6.45, 7) is 0. The first-order chi connectivity index (χ1) is 8.59. The van der Waals surface area contributed by atoms with Crippen molar-refractivity contribution >= 4 is 5.97 Å². The fourth-order valence-corrected chi connectivity index (χ4v) is 1.50. The molecule has 0 spiro atoms. The maximum absolute atomic E-state index is 12.8. The Kier molecular flexibility index (Phi) is 3.27. The summed E-state index contributed by atoms with van der Waals surface area (Å²) in [6.07, 6.45) is -1.44. The lowest BCUT2D eigenvalue weighted by atomic mass is 10.1. The van der Waals surface area contributed by atoms with Gasteiger partial charge >= 0.3 is 5.97 Å². The highest BCUT2D eigenvalue weighted by Crippen LogP contribution is 2.28. The van der Waals surface area contributed by atoms with E-state index in [0.29, 0.717) is 0 Å². The summed E-state index contributed by atoms with van der Waals surface area (Å²) in [5, 5.41) is 8.80. The Hall–Kier alpha value is -2.37. The molecule has 0 aliphatic rings. The third-order valence-corrected chi connectivity index (χ3v) is 2.31. The van der Waals surface area contributed by atoms with E-state index in [9.17, 15) is 13.6 Å². The fourth-order valence-electron chi connectivity index (χ4n) is 1.50. The molecule has 0 saturated heterocycles. The number of carboxylic acid groups (broad SMARTS) is 1. The number of carboxylic acids is 1. The van der Waals surface area contributed by atoms with E-state index in [1.54, 1.807) is 6.07 Å². The minimum absolute atomic E-state index is 0.0224. The normalized spacial score (nSPS) is 10.6. The molecule has 0 aliphatic carbocycles. The molecule has 1 heterocycles. The van der Waals surface area contributed by atoms with Crippen LogP contribution in [-0.4, -0.2) is 21.0 Å². The summed E-state index contributed by atoms with van der Waals surface area (Å²) in [6, 6.07) is 6.94. The van der Waals surface area contributed by atoms with Crippen LogP contribution in [0.4, 0.5) is 8.78 Å². The van der Waals surface area contributed by atoms with Gasteiger partial charge in [0.1, 0.15) is 0 Å². The van der Waals surface area contributed by atoms with E-state index in [1.165, 1.54) is 30.5 Å². The monoisotopic (exact) mass is 250 g/mol. The number of benzene rings is 1. The zero-order chi connectivity index (χ0) is 13.1. The fraction of sp³-hybridized carbons (Fsp3) is 0.0833. The van der Waals surface area contributed by atoms with Crippen molar-refractivity contribution < 1.29 is 18.7 Å². The highest BCUT2D eigenvalue weighted by Gasteiger charge is 2.16. The summed E-state index contributed by atoms with van der Waals surface area (Å²) < 4.78 is 25.6. The molecule has 4 nitrogen and oxygen atoms in total. The molecule has 1 aromatic carbocycles. The van der Waals surface area contributed by atoms with Gasteiger partial charge in [-0.3, -0.25) is 0 Å². The van der Waals surface area contributed by atoms with Gasteiger partial charge in [0.15, 0.2) is 11.5 Å². The second kappa shape index (κ2) is 4.87. The van der Waals surface area contributed by atoms with Crippen molar-refractivity contribution in [3.05, 3.63) is 47.8 Å². The third kappa shape index (κ3) is 2.32. The van der Waals surface area contributed by atoms with E-state index in [4.69, 9.17) is 5.11 Å². The number of hydrogen-bond donors (Lipinski definition) is 1. The standard InChI is InChI=1S/C12H8F2N2O2/c13-10(14)7-3-1-2-4-8(7)11-15-6-5-9(16-11)12(17)18/h1-6,10H,(H,17,18). The van der Waals surface area contributed by atoms with Crippen molar-refractivity contribution in [2.75, 3.05) is 0 Å². The van der Waals surface area contributed by atoms with Crippen LogP contribution in [0.5, 0.6) is 0 Å². The number of rotatable bonds is 3. The number of nitrogens with zero attached hydrogens (tertiary/aromatic N) is 2. The molecule has 0 radical (unpaired) electrons. The molecule has 92 valence electrons. The highest BCUT2D eigenvalue weighted by molar-refractivity contribution is 5.85. The molecule has 1 N–H and O–H groups in total. The molecule has 2 aromatic rings. The van der Waals surface area contributed by atoms with Crippen LogP contribution in [0.2, 0.25) is 0 Å². The quantitative estimate of drug-likeness (QED) is 0.909. The number of aromatic nitrogens is 2. The maximum atomic E-state index is 12.8. The zero-order valence-corrected chi connectivity index (χ0v) is 9.05. The lowest BCUT2D eigenvalue weighted by Crippen LogP contribution is -2.03. The molecule has 1 aromatic heterocycles. The van der Waals surface area contributed by atoms with Crippen LogP contribution in [0.15, 0.2) is 36.5 Å². The third-order valence-electron chi connectivity index (χ3n) is 2.31. The van der Waals surface area contributed by atoms with Crippen LogP contribution in [0.25, 0.3) is 11.4 Å². The van der Waals surface area contributed by atoms with Gasteiger partial charge in [0.05, 0.1) is 0 Å². The summed E-state index contributed by atoms with van der Waals surface area (Å²) in [5.41, 5.74) is -0.320. The summed E-state index contributed by atoms with van der Waals surface area (Å²) in [4.78, 5) is 18.3. The molecule has 0 aliphatic heterocycles. The van der Waals surface area contributed by atoms with Crippen molar-refractivity contribution in [3.8, 4) is 11.4 Å². The van der Waals surface area contributed by atoms with Gasteiger partial charge < -0.3 is 5.11 Å². The Morgan fingerprint density at radius 2 is 1.94 bits per heavy atom. The van der Waals surface area contributed by atoms with E-state index in [1.807, 2.05) is 0 Å². The van der Waals surface area contributed by atoms with Gasteiger partial charge in [-0.15, -0.1) is 0 Å². The second-order valence-electron chi connectivity index (χ2n) is 3.46. The van der Waals surface area contributed by atoms with E-state index >= 15 is 0 Å². The van der Waals surface area contributed by atoms with Crippen molar-refractivity contribution in [1.29, 1.82) is 0 Å². The maximum Gasteiger partial charge on any atom is 0.354 e. The van der Waals surface area contributed by atoms with Gasteiger partial charge in [0.25, 0.3) is 6.43 Å². The second-order valence-corrected chi connectivity index (χ2v) is 3.46. The Morgan fingerprint density at radius 3 is 2.61 bits per heavy atom. The molecule has 2 rings (SSSR count). The SMILES string of the molecule is O=C(O)c1ccnc(-c2ccccc2C(F)F)n1. The predicted molar refractivity (Wildman–Crippen MR) is 59.4 cm³/mol. The molecule has 0 fully saturated rings. The van der Waals surface area contributed by atoms with Gasteiger partial charge in [0, 0.05) is 17.3 Å². The highest BCUT2D eigenvalue weighted by atomic mass is 19.3. The minimum Gasteiger partial charge on any atom is -0.477 e. The average molecular weight is 250 g/mol. The van der Waals surface area contributed by atoms with Crippen LogP contribution in [0, 0.1) is 0 Å². The van der Waals surface area contributed by atoms with Crippen LogP contribution in [-0.2, 0) is 0 Å². The Bertz CT molecular complexity index is 588. The van der Waals surface area contributed by atoms with E-state index in [-0.39, 0.29) is 22.6 Å². The van der Waals surface area contributed by atoms with Crippen LogP contribution in [0.3, 0.4) is 0 Å². The molecule has 0 bridgehead atoms. The molecule has 0 saturated carbocycles. The van der Waals surface area contributed by atoms with Crippen molar-refractivity contribution in [1.82, 2.24) is 9.97 Å². The van der Waals surface area contributed by atoms with Gasteiger partial charge in [-0.1, -0.05) is 24.3 Å². The number of halogens is 2. The molecule has 0 unspecified atom stereocenters. The van der Waals surface area contributed by atoms with Crippen LogP contribution < -0.4 is 0 Å². The summed E-state index contributed by atoms with van der Waals surface area (Å²) in [5.74, 6) is -1.25. The summed E-state index contributed by atoms with van der Waals surface area (Å²) >= 11 is 0. The first-order valence-corrected chi connectivity index (χ1v) is 5.03. The largest absolute Gasteiger partial charge is 0.477 e. The first kappa shape index (κ1) is 12.1. The summed E-state index contributed by atoms with van der Waals surface area (Å²) in [7, 11) is 0. The smallest absolute Gasteiger partial charge is 0.354 e. The van der Waals surface area contributed by atoms with Crippen molar-refractivity contribution in [2.24, 2.45) is 0 Å². The van der Waals surface area contributed by atoms with Crippen molar-refractivity contribution in [2.45, 2.75) is 6.43 Å². The number of hydrogen-bond acceptors (Lipinski definition) is 3. The van der Waals surface area contributed by atoms with Crippen molar-refractivity contribution in [3.63, 3.8) is 0 Å². The minimum atomic E-state index is -2.67. The van der Waals surface area contributed by atoms with E-state index in [2.05, 4.69) is 9.97 Å². The number of aromatic carboxylic acids is 1. The zero-order valence-electron chi connectivity index (χ0n) is 9.05. The average Bonchev–Trinajstić information content (AvgIpc) is 2.39.